The van der Waals surface area contributed by atoms with Crippen LogP contribution in [0.15, 0.2) is 30.5 Å². The van der Waals surface area contributed by atoms with Crippen LogP contribution in [0.5, 0.6) is 5.75 Å². The van der Waals surface area contributed by atoms with Gasteiger partial charge in [0.1, 0.15) is 10.9 Å². The molecule has 18 heavy (non-hydrogen) atoms. The fraction of sp³-hybridized carbons (Fsp3) is 0.231. The van der Waals surface area contributed by atoms with Crippen LogP contribution in [0.3, 0.4) is 0 Å². The van der Waals surface area contributed by atoms with Crippen molar-refractivity contribution in [2.45, 2.75) is 13.3 Å². The molecular weight excluding hydrogens is 363 g/mol. The third-order valence-electron chi connectivity index (χ3n) is 2.27. The van der Waals surface area contributed by atoms with E-state index < -0.39 is 0 Å². The molecule has 0 aliphatic carbocycles. The van der Waals surface area contributed by atoms with Crippen molar-refractivity contribution in [3.63, 3.8) is 0 Å². The Kier molecular flexibility index (Phi) is 4.77. The topological polar surface area (TPSA) is 35.0 Å². The Balaban J connectivity index is 2.29. The van der Waals surface area contributed by atoms with Crippen LogP contribution in [0.25, 0.3) is 11.4 Å². The number of aromatic nitrogens is 2. The molecule has 0 atom stereocenters. The highest BCUT2D eigenvalue weighted by Gasteiger charge is 2.06. The van der Waals surface area contributed by atoms with E-state index in [0.717, 1.165) is 21.3 Å². The summed E-state index contributed by atoms with van der Waals surface area (Å²) in [6.07, 6.45) is 2.70. The van der Waals surface area contributed by atoms with Gasteiger partial charge in [0.2, 0.25) is 0 Å². The molecule has 1 aromatic heterocycles. The number of hydrogen-bond donors (Lipinski definition) is 0. The summed E-state index contributed by atoms with van der Waals surface area (Å²) in [7, 11) is 0. The van der Waals surface area contributed by atoms with Crippen molar-refractivity contribution in [2.75, 3.05) is 6.61 Å². The van der Waals surface area contributed by atoms with Gasteiger partial charge in [0.25, 0.3) is 0 Å². The lowest BCUT2D eigenvalue weighted by Gasteiger charge is -2.06. The van der Waals surface area contributed by atoms with Crippen LogP contribution in [-0.2, 0) is 0 Å². The molecular formula is C13H12ClIN2O. The number of ether oxygens (including phenoxy) is 1. The highest BCUT2D eigenvalue weighted by Crippen LogP contribution is 2.23. The summed E-state index contributed by atoms with van der Waals surface area (Å²) in [6.45, 7) is 2.78. The van der Waals surface area contributed by atoms with Crippen molar-refractivity contribution in [3.05, 3.63) is 39.2 Å². The highest BCUT2D eigenvalue weighted by atomic mass is 127. The summed E-state index contributed by atoms with van der Waals surface area (Å²) in [5, 5.41) is 0.473. The number of benzene rings is 1. The van der Waals surface area contributed by atoms with Crippen molar-refractivity contribution < 1.29 is 4.74 Å². The van der Waals surface area contributed by atoms with E-state index in [1.807, 2.05) is 24.3 Å². The SMILES string of the molecule is CCCOc1cccc(-c2ncc(I)c(Cl)n2)c1. The maximum Gasteiger partial charge on any atom is 0.161 e. The first-order valence-electron chi connectivity index (χ1n) is 5.62. The molecule has 2 aromatic rings. The van der Waals surface area contributed by atoms with Crippen LogP contribution in [-0.4, -0.2) is 16.6 Å². The number of nitrogens with zero attached hydrogens (tertiary/aromatic N) is 2. The normalized spacial score (nSPS) is 10.4. The molecule has 0 spiro atoms. The summed E-state index contributed by atoms with van der Waals surface area (Å²) in [5.41, 5.74) is 0.905. The molecule has 94 valence electrons. The van der Waals surface area contributed by atoms with E-state index in [1.54, 1.807) is 6.20 Å². The van der Waals surface area contributed by atoms with Crippen molar-refractivity contribution in [1.82, 2.24) is 9.97 Å². The fourth-order valence-corrected chi connectivity index (χ4v) is 1.82. The van der Waals surface area contributed by atoms with Crippen LogP contribution < -0.4 is 4.74 Å². The zero-order valence-electron chi connectivity index (χ0n) is 9.86. The first-order valence-corrected chi connectivity index (χ1v) is 7.07. The Labute approximate surface area is 125 Å². The Morgan fingerprint density at radius 3 is 2.94 bits per heavy atom. The average molecular weight is 375 g/mol. The maximum absolute atomic E-state index is 6.00. The maximum atomic E-state index is 6.00. The third kappa shape index (κ3) is 3.32. The zero-order chi connectivity index (χ0) is 13.0. The van der Waals surface area contributed by atoms with Crippen LogP contribution in [0, 0.1) is 3.57 Å². The molecule has 0 N–H and O–H groups in total. The number of rotatable bonds is 4. The Morgan fingerprint density at radius 2 is 2.22 bits per heavy atom. The molecule has 0 amide bonds. The Morgan fingerprint density at radius 1 is 1.39 bits per heavy atom. The zero-order valence-corrected chi connectivity index (χ0v) is 12.8. The van der Waals surface area contributed by atoms with Crippen LogP contribution >= 0.6 is 34.2 Å². The summed E-state index contributed by atoms with van der Waals surface area (Å²) in [6, 6.07) is 7.72. The lowest BCUT2D eigenvalue weighted by molar-refractivity contribution is 0.317. The Bertz CT molecular complexity index is 548. The van der Waals surface area contributed by atoms with Gasteiger partial charge >= 0.3 is 0 Å². The summed E-state index contributed by atoms with van der Waals surface area (Å²) in [4.78, 5) is 8.53. The third-order valence-corrected chi connectivity index (χ3v) is 3.66. The number of hydrogen-bond acceptors (Lipinski definition) is 3. The van der Waals surface area contributed by atoms with Crippen LogP contribution in [0.4, 0.5) is 0 Å². The van der Waals surface area contributed by atoms with Gasteiger partial charge < -0.3 is 4.74 Å². The van der Waals surface area contributed by atoms with Crippen molar-refractivity contribution in [1.29, 1.82) is 0 Å². The molecule has 0 aliphatic heterocycles. The second kappa shape index (κ2) is 6.33. The van der Waals surface area contributed by atoms with Gasteiger partial charge in [0.15, 0.2) is 5.82 Å². The minimum atomic E-state index is 0.473. The molecule has 1 heterocycles. The molecule has 0 aliphatic rings. The van der Waals surface area contributed by atoms with Gasteiger partial charge in [-0.3, -0.25) is 0 Å². The van der Waals surface area contributed by atoms with E-state index in [2.05, 4.69) is 39.5 Å². The Hall–Kier alpha value is -0.880. The molecule has 0 radical (unpaired) electrons. The van der Waals surface area contributed by atoms with Crippen LogP contribution in [0.1, 0.15) is 13.3 Å². The van der Waals surface area contributed by atoms with Gasteiger partial charge in [-0.25, -0.2) is 9.97 Å². The van der Waals surface area contributed by atoms with E-state index in [1.165, 1.54) is 0 Å². The van der Waals surface area contributed by atoms with Gasteiger partial charge in [-0.2, -0.15) is 0 Å². The molecule has 0 fully saturated rings. The standard InChI is InChI=1S/C13H12ClIN2O/c1-2-6-18-10-5-3-4-9(7-10)13-16-8-11(15)12(14)17-13/h3-5,7-8H,2,6H2,1H3. The van der Waals surface area contributed by atoms with E-state index in [4.69, 9.17) is 16.3 Å². The van der Waals surface area contributed by atoms with E-state index in [-0.39, 0.29) is 0 Å². The van der Waals surface area contributed by atoms with Crippen LogP contribution in [0.2, 0.25) is 5.15 Å². The second-order valence-corrected chi connectivity index (χ2v) is 5.23. The molecule has 0 saturated carbocycles. The molecule has 2 rings (SSSR count). The summed E-state index contributed by atoms with van der Waals surface area (Å²) < 4.78 is 6.43. The summed E-state index contributed by atoms with van der Waals surface area (Å²) in [5.74, 6) is 1.44. The largest absolute Gasteiger partial charge is 0.494 e. The smallest absolute Gasteiger partial charge is 0.161 e. The van der Waals surface area contributed by atoms with E-state index in [9.17, 15) is 0 Å². The first kappa shape index (κ1) is 13.5. The van der Waals surface area contributed by atoms with Gasteiger partial charge in [0.05, 0.1) is 10.2 Å². The number of halogens is 2. The van der Waals surface area contributed by atoms with Gasteiger partial charge in [-0.15, -0.1) is 0 Å². The van der Waals surface area contributed by atoms with Gasteiger partial charge in [0, 0.05) is 11.8 Å². The molecule has 0 bridgehead atoms. The predicted molar refractivity (Wildman–Crippen MR) is 81.0 cm³/mol. The highest BCUT2D eigenvalue weighted by molar-refractivity contribution is 14.1. The molecule has 0 unspecified atom stereocenters. The van der Waals surface area contributed by atoms with Gasteiger partial charge in [-0.1, -0.05) is 30.7 Å². The fourth-order valence-electron chi connectivity index (χ4n) is 1.43. The quantitative estimate of drug-likeness (QED) is 0.594. The summed E-state index contributed by atoms with van der Waals surface area (Å²) >= 11 is 8.10. The monoisotopic (exact) mass is 374 g/mol. The minimum absolute atomic E-state index is 0.473. The molecule has 0 saturated heterocycles. The lowest BCUT2D eigenvalue weighted by Crippen LogP contribution is -1.96. The van der Waals surface area contributed by atoms with Crippen molar-refractivity contribution in [3.8, 4) is 17.1 Å². The van der Waals surface area contributed by atoms with E-state index in [0.29, 0.717) is 17.6 Å². The molecule has 3 nitrogen and oxygen atoms in total. The minimum Gasteiger partial charge on any atom is -0.494 e. The average Bonchev–Trinajstić information content (AvgIpc) is 2.40. The van der Waals surface area contributed by atoms with E-state index >= 15 is 0 Å². The van der Waals surface area contributed by atoms with Crippen molar-refractivity contribution in [2.24, 2.45) is 0 Å². The second-order valence-electron chi connectivity index (χ2n) is 3.71. The predicted octanol–water partition coefficient (Wildman–Crippen LogP) is 4.19. The first-order chi connectivity index (χ1) is 8.70. The van der Waals surface area contributed by atoms with Gasteiger partial charge in [-0.05, 0) is 41.1 Å². The lowest BCUT2D eigenvalue weighted by atomic mass is 10.2. The molecule has 1 aromatic carbocycles. The molecule has 5 heteroatoms. The van der Waals surface area contributed by atoms with Crippen molar-refractivity contribution >= 4 is 34.2 Å².